The molecule has 2 aromatic carbocycles. The minimum Gasteiger partial charge on any atom is -0.491 e. The van der Waals surface area contributed by atoms with E-state index in [2.05, 4.69) is 38.1 Å². The zero-order valence-corrected chi connectivity index (χ0v) is 23.5. The molecule has 1 aliphatic heterocycles. The largest absolute Gasteiger partial charge is 0.491 e. The minimum atomic E-state index is 0.0750. The first-order valence-corrected chi connectivity index (χ1v) is 14.8. The van der Waals surface area contributed by atoms with Gasteiger partial charge in [0, 0.05) is 23.6 Å². The fraction of sp³-hybridized carbons (Fsp3) is 0.400. The van der Waals surface area contributed by atoms with E-state index in [0.29, 0.717) is 19.1 Å². The summed E-state index contributed by atoms with van der Waals surface area (Å²) in [4.78, 5) is 21.0. The lowest BCUT2D eigenvalue weighted by molar-refractivity contribution is 0.00200. The average molecular weight is 535 g/mol. The van der Waals surface area contributed by atoms with Gasteiger partial charge >= 0.3 is 0 Å². The maximum atomic E-state index is 14.0. The van der Waals surface area contributed by atoms with Crippen molar-refractivity contribution < 1.29 is 9.47 Å². The highest BCUT2D eigenvalue weighted by Gasteiger charge is 2.28. The van der Waals surface area contributed by atoms with Crippen molar-refractivity contribution in [1.29, 1.82) is 0 Å². The number of aromatic nitrogens is 2. The van der Waals surface area contributed by atoms with Crippen LogP contribution >= 0.6 is 23.1 Å². The van der Waals surface area contributed by atoms with E-state index in [1.807, 2.05) is 48.7 Å². The molecule has 5 nitrogen and oxygen atoms in total. The number of nitrogens with zero attached hydrogens (tertiary/aromatic N) is 2. The predicted molar refractivity (Wildman–Crippen MR) is 153 cm³/mol. The molecule has 0 amide bonds. The number of ether oxygens (including phenoxy) is 2. The molecule has 0 N–H and O–H groups in total. The Balaban J connectivity index is 1.47. The molecule has 4 aromatic rings. The van der Waals surface area contributed by atoms with Gasteiger partial charge < -0.3 is 9.47 Å². The molecule has 1 aliphatic rings. The first-order chi connectivity index (χ1) is 17.9. The number of thioether (sulfide) groups is 1. The molecular weight excluding hydrogens is 500 g/mol. The van der Waals surface area contributed by atoms with E-state index in [4.69, 9.17) is 14.5 Å². The minimum absolute atomic E-state index is 0.0750. The molecule has 0 radical (unpaired) electrons. The first-order valence-electron chi connectivity index (χ1n) is 13.0. The summed E-state index contributed by atoms with van der Waals surface area (Å²) in [6, 6.07) is 18.5. The van der Waals surface area contributed by atoms with Crippen LogP contribution in [0.4, 0.5) is 0 Å². The lowest BCUT2D eigenvalue weighted by atomic mass is 9.96. The quantitative estimate of drug-likeness (QED) is 0.173. The summed E-state index contributed by atoms with van der Waals surface area (Å²) in [7, 11) is 0. The summed E-state index contributed by atoms with van der Waals surface area (Å²) in [5.41, 5.74) is 3.61. The van der Waals surface area contributed by atoms with Crippen LogP contribution in [-0.4, -0.2) is 21.8 Å². The first kappa shape index (κ1) is 26.0. The van der Waals surface area contributed by atoms with E-state index in [-0.39, 0.29) is 17.8 Å². The third-order valence-corrected chi connectivity index (χ3v) is 8.81. The molecule has 2 aromatic heterocycles. The van der Waals surface area contributed by atoms with E-state index >= 15 is 0 Å². The zero-order valence-electron chi connectivity index (χ0n) is 21.9. The summed E-state index contributed by atoms with van der Waals surface area (Å²) >= 11 is 3.24. The normalized spacial score (nSPS) is 15.5. The molecule has 5 rings (SSSR count). The van der Waals surface area contributed by atoms with Gasteiger partial charge in [-0.15, -0.1) is 11.3 Å². The Morgan fingerprint density at radius 2 is 1.84 bits per heavy atom. The fourth-order valence-corrected chi connectivity index (χ4v) is 6.79. The molecule has 0 saturated heterocycles. The van der Waals surface area contributed by atoms with Gasteiger partial charge in [-0.2, -0.15) is 0 Å². The lowest BCUT2D eigenvalue weighted by Gasteiger charge is -2.26. The number of hydrogen-bond acceptors (Lipinski definition) is 6. The van der Waals surface area contributed by atoms with E-state index in [0.717, 1.165) is 50.2 Å². The number of aryl methyl sites for hydroxylation is 1. The van der Waals surface area contributed by atoms with Gasteiger partial charge in [-0.05, 0) is 55.0 Å². The Labute approximate surface area is 226 Å². The molecule has 3 heterocycles. The summed E-state index contributed by atoms with van der Waals surface area (Å²) < 4.78 is 13.8. The van der Waals surface area contributed by atoms with Crippen LogP contribution < -0.4 is 10.3 Å². The standard InChI is InChI=1S/C30H34N2O3S2/c1-19(2)25-16-24-26(17-34-25)37-28-27(24)29(33)32(15-14-21-8-6-5-7-9-21)30(31-28)36-18-22-10-12-23(13-11-22)35-20(3)4/h5-13,19-20,25H,14-18H2,1-4H3/t25-/m0/s1. The van der Waals surface area contributed by atoms with E-state index < -0.39 is 0 Å². The van der Waals surface area contributed by atoms with E-state index in [1.165, 1.54) is 11.1 Å². The third-order valence-electron chi connectivity index (χ3n) is 6.67. The van der Waals surface area contributed by atoms with Gasteiger partial charge in [0.05, 0.1) is 24.2 Å². The molecule has 0 fully saturated rings. The van der Waals surface area contributed by atoms with Crippen molar-refractivity contribution in [3.05, 3.63) is 86.5 Å². The SMILES string of the molecule is CC(C)Oc1ccc(CSc2nc3sc4c(c3c(=O)n2CCc2ccccc2)C[C@@H](C(C)C)OC4)cc1. The predicted octanol–water partition coefficient (Wildman–Crippen LogP) is 6.88. The molecule has 194 valence electrons. The van der Waals surface area contributed by atoms with Crippen LogP contribution in [0.1, 0.15) is 49.3 Å². The van der Waals surface area contributed by atoms with Crippen molar-refractivity contribution in [2.45, 2.75) is 76.8 Å². The van der Waals surface area contributed by atoms with E-state index in [1.54, 1.807) is 23.1 Å². The fourth-order valence-electron chi connectivity index (χ4n) is 4.65. The van der Waals surface area contributed by atoms with Crippen LogP contribution in [0, 0.1) is 5.92 Å². The van der Waals surface area contributed by atoms with E-state index in [9.17, 15) is 4.79 Å². The second-order valence-corrected chi connectivity index (χ2v) is 12.2. The van der Waals surface area contributed by atoms with Crippen LogP contribution in [0.15, 0.2) is 64.5 Å². The van der Waals surface area contributed by atoms with Crippen molar-refractivity contribution in [3.8, 4) is 5.75 Å². The van der Waals surface area contributed by atoms with Gasteiger partial charge in [0.2, 0.25) is 0 Å². The Morgan fingerprint density at radius 3 is 2.54 bits per heavy atom. The highest BCUT2D eigenvalue weighted by atomic mass is 32.2. The lowest BCUT2D eigenvalue weighted by Crippen LogP contribution is -2.29. The number of fused-ring (bicyclic) bond motifs is 3. The van der Waals surface area contributed by atoms with Crippen LogP contribution in [0.2, 0.25) is 0 Å². The second-order valence-electron chi connectivity index (χ2n) is 10.2. The molecule has 7 heteroatoms. The Hall–Kier alpha value is -2.61. The van der Waals surface area contributed by atoms with Crippen molar-refractivity contribution in [2.24, 2.45) is 5.92 Å². The van der Waals surface area contributed by atoms with Crippen molar-refractivity contribution in [1.82, 2.24) is 9.55 Å². The van der Waals surface area contributed by atoms with Crippen molar-refractivity contribution in [3.63, 3.8) is 0 Å². The summed E-state index contributed by atoms with van der Waals surface area (Å²) in [6.07, 6.45) is 1.85. The average Bonchev–Trinajstić information content (AvgIpc) is 3.26. The van der Waals surface area contributed by atoms with Crippen LogP contribution in [0.25, 0.3) is 10.2 Å². The molecular formula is C30H34N2O3S2. The van der Waals surface area contributed by atoms with Gasteiger partial charge in [0.15, 0.2) is 5.16 Å². The van der Waals surface area contributed by atoms with Crippen LogP contribution in [0.3, 0.4) is 0 Å². The number of hydrogen-bond donors (Lipinski definition) is 0. The summed E-state index contributed by atoms with van der Waals surface area (Å²) in [6.45, 7) is 9.57. The van der Waals surface area contributed by atoms with Crippen molar-refractivity contribution >= 4 is 33.3 Å². The highest BCUT2D eigenvalue weighted by molar-refractivity contribution is 7.98. The van der Waals surface area contributed by atoms with Crippen LogP contribution in [0.5, 0.6) is 5.75 Å². The zero-order chi connectivity index (χ0) is 25.9. The van der Waals surface area contributed by atoms with Gasteiger partial charge in [0.25, 0.3) is 5.56 Å². The molecule has 0 aliphatic carbocycles. The molecule has 0 unspecified atom stereocenters. The molecule has 1 atom stereocenters. The van der Waals surface area contributed by atoms with Gasteiger partial charge in [-0.25, -0.2) is 4.98 Å². The van der Waals surface area contributed by atoms with Gasteiger partial charge in [0.1, 0.15) is 10.6 Å². The second kappa shape index (κ2) is 11.4. The summed E-state index contributed by atoms with van der Waals surface area (Å²) in [5.74, 6) is 2.01. The third kappa shape index (κ3) is 5.95. The Morgan fingerprint density at radius 1 is 1.08 bits per heavy atom. The number of rotatable bonds is 9. The molecule has 0 spiro atoms. The van der Waals surface area contributed by atoms with Gasteiger partial charge in [-0.1, -0.05) is 68.1 Å². The Bertz CT molecular complexity index is 1410. The maximum Gasteiger partial charge on any atom is 0.263 e. The topological polar surface area (TPSA) is 53.3 Å². The number of thiophene rings is 1. The number of benzene rings is 2. The monoisotopic (exact) mass is 534 g/mol. The van der Waals surface area contributed by atoms with Gasteiger partial charge in [-0.3, -0.25) is 9.36 Å². The van der Waals surface area contributed by atoms with Crippen LogP contribution in [-0.2, 0) is 36.5 Å². The molecule has 37 heavy (non-hydrogen) atoms. The molecule has 0 saturated carbocycles. The maximum absolute atomic E-state index is 14.0. The molecule has 0 bridgehead atoms. The highest BCUT2D eigenvalue weighted by Crippen LogP contribution is 2.36. The Kier molecular flexibility index (Phi) is 8.03. The van der Waals surface area contributed by atoms with Crippen molar-refractivity contribution in [2.75, 3.05) is 0 Å². The summed E-state index contributed by atoms with van der Waals surface area (Å²) in [5, 5.41) is 1.57. The smallest absolute Gasteiger partial charge is 0.263 e.